The molecule has 2 aromatic carbocycles. The summed E-state index contributed by atoms with van der Waals surface area (Å²) in [5, 5.41) is 0.908. The highest BCUT2D eigenvalue weighted by Crippen LogP contribution is 2.38. The number of halogens is 1. The Kier molecular flexibility index (Phi) is 5.35. The summed E-state index contributed by atoms with van der Waals surface area (Å²) in [5.74, 6) is 0.856. The maximum atomic E-state index is 6.13. The van der Waals surface area contributed by atoms with Crippen LogP contribution in [0.2, 0.25) is 5.02 Å². The standard InChI is InChI=1S/C16H18ClNOS/c1-11(18)16(12-4-3-5-13(17)10-12)20-15-8-6-14(19-2)7-9-15/h3-11,16H,18H2,1-2H3. The van der Waals surface area contributed by atoms with E-state index < -0.39 is 0 Å². The first-order valence-corrected chi connectivity index (χ1v) is 7.67. The van der Waals surface area contributed by atoms with E-state index >= 15 is 0 Å². The fourth-order valence-electron chi connectivity index (χ4n) is 1.96. The Labute approximate surface area is 129 Å². The molecule has 0 aromatic heterocycles. The zero-order valence-electron chi connectivity index (χ0n) is 11.5. The van der Waals surface area contributed by atoms with Gasteiger partial charge in [-0.25, -0.2) is 0 Å². The molecule has 0 fully saturated rings. The third-order valence-electron chi connectivity index (χ3n) is 2.98. The molecule has 2 unspecified atom stereocenters. The van der Waals surface area contributed by atoms with Crippen molar-refractivity contribution in [3.8, 4) is 5.75 Å². The van der Waals surface area contributed by atoms with Gasteiger partial charge in [-0.2, -0.15) is 0 Å². The van der Waals surface area contributed by atoms with Crippen molar-refractivity contribution in [1.82, 2.24) is 0 Å². The summed E-state index contributed by atoms with van der Waals surface area (Å²) >= 11 is 7.81. The second-order valence-electron chi connectivity index (χ2n) is 4.63. The highest BCUT2D eigenvalue weighted by atomic mass is 35.5. The van der Waals surface area contributed by atoms with Crippen LogP contribution < -0.4 is 10.5 Å². The Balaban J connectivity index is 2.21. The second kappa shape index (κ2) is 7.02. The summed E-state index contributed by atoms with van der Waals surface area (Å²) in [6.07, 6.45) is 0. The van der Waals surface area contributed by atoms with Crippen LogP contribution >= 0.6 is 23.4 Å². The Morgan fingerprint density at radius 3 is 2.40 bits per heavy atom. The minimum Gasteiger partial charge on any atom is -0.497 e. The van der Waals surface area contributed by atoms with Crippen molar-refractivity contribution in [3.63, 3.8) is 0 Å². The lowest BCUT2D eigenvalue weighted by atomic mass is 10.1. The number of methoxy groups -OCH3 is 1. The first kappa shape index (κ1) is 15.2. The summed E-state index contributed by atoms with van der Waals surface area (Å²) in [6.45, 7) is 2.02. The van der Waals surface area contributed by atoms with E-state index in [2.05, 4.69) is 6.07 Å². The van der Waals surface area contributed by atoms with E-state index in [9.17, 15) is 0 Å². The predicted molar refractivity (Wildman–Crippen MR) is 86.7 cm³/mol. The van der Waals surface area contributed by atoms with E-state index in [0.717, 1.165) is 21.2 Å². The minimum absolute atomic E-state index is 0.0283. The summed E-state index contributed by atoms with van der Waals surface area (Å²) in [5.41, 5.74) is 7.28. The summed E-state index contributed by atoms with van der Waals surface area (Å²) in [7, 11) is 1.67. The molecule has 0 aliphatic carbocycles. The van der Waals surface area contributed by atoms with Crippen molar-refractivity contribution in [2.75, 3.05) is 7.11 Å². The smallest absolute Gasteiger partial charge is 0.118 e. The molecule has 0 radical (unpaired) electrons. The van der Waals surface area contributed by atoms with E-state index in [4.69, 9.17) is 22.1 Å². The maximum Gasteiger partial charge on any atom is 0.118 e. The zero-order chi connectivity index (χ0) is 14.5. The molecule has 2 aromatic rings. The van der Waals surface area contributed by atoms with Gasteiger partial charge in [-0.1, -0.05) is 23.7 Å². The van der Waals surface area contributed by atoms with Crippen LogP contribution in [0, 0.1) is 0 Å². The van der Waals surface area contributed by atoms with Gasteiger partial charge in [-0.3, -0.25) is 0 Å². The van der Waals surface area contributed by atoms with Gasteiger partial charge in [0.05, 0.1) is 7.11 Å². The molecule has 106 valence electrons. The van der Waals surface area contributed by atoms with E-state index in [1.807, 2.05) is 49.4 Å². The molecule has 0 saturated carbocycles. The number of thioether (sulfide) groups is 1. The lowest BCUT2D eigenvalue weighted by Crippen LogP contribution is -2.22. The van der Waals surface area contributed by atoms with Crippen molar-refractivity contribution in [2.45, 2.75) is 23.1 Å². The highest BCUT2D eigenvalue weighted by molar-refractivity contribution is 7.99. The number of hydrogen-bond donors (Lipinski definition) is 1. The summed E-state index contributed by atoms with van der Waals surface area (Å²) < 4.78 is 5.17. The lowest BCUT2D eigenvalue weighted by molar-refractivity contribution is 0.414. The molecule has 0 saturated heterocycles. The van der Waals surface area contributed by atoms with E-state index in [1.54, 1.807) is 18.9 Å². The molecule has 0 aliphatic heterocycles. The van der Waals surface area contributed by atoms with Crippen LogP contribution in [-0.2, 0) is 0 Å². The Morgan fingerprint density at radius 2 is 1.85 bits per heavy atom. The molecule has 20 heavy (non-hydrogen) atoms. The minimum atomic E-state index is 0.0283. The Hall–Kier alpha value is -1.16. The molecular weight excluding hydrogens is 290 g/mol. The third kappa shape index (κ3) is 3.92. The van der Waals surface area contributed by atoms with E-state index in [0.29, 0.717) is 0 Å². The zero-order valence-corrected chi connectivity index (χ0v) is 13.1. The SMILES string of the molecule is COc1ccc(SC(c2cccc(Cl)c2)C(C)N)cc1. The van der Waals surface area contributed by atoms with Crippen molar-refractivity contribution in [2.24, 2.45) is 5.73 Å². The van der Waals surface area contributed by atoms with Crippen LogP contribution in [0.25, 0.3) is 0 Å². The van der Waals surface area contributed by atoms with Crippen LogP contribution in [0.3, 0.4) is 0 Å². The number of nitrogens with two attached hydrogens (primary N) is 1. The fraction of sp³-hybridized carbons (Fsp3) is 0.250. The molecule has 4 heteroatoms. The summed E-state index contributed by atoms with van der Waals surface area (Å²) in [6, 6.07) is 15.9. The van der Waals surface area contributed by atoms with Crippen LogP contribution in [0.1, 0.15) is 17.7 Å². The predicted octanol–water partition coefficient (Wildman–Crippen LogP) is 4.53. The lowest BCUT2D eigenvalue weighted by Gasteiger charge is -2.21. The number of benzene rings is 2. The fourth-order valence-corrected chi connectivity index (χ4v) is 3.25. The molecule has 0 heterocycles. The highest BCUT2D eigenvalue weighted by Gasteiger charge is 2.18. The average molecular weight is 308 g/mol. The monoisotopic (exact) mass is 307 g/mol. The average Bonchev–Trinajstić information content (AvgIpc) is 2.45. The number of rotatable bonds is 5. The van der Waals surface area contributed by atoms with Crippen LogP contribution in [0.4, 0.5) is 0 Å². The van der Waals surface area contributed by atoms with Gasteiger partial charge >= 0.3 is 0 Å². The maximum absolute atomic E-state index is 6.13. The van der Waals surface area contributed by atoms with Gasteiger partial charge in [-0.05, 0) is 48.9 Å². The van der Waals surface area contributed by atoms with Gasteiger partial charge in [0.15, 0.2) is 0 Å². The van der Waals surface area contributed by atoms with Crippen LogP contribution in [0.15, 0.2) is 53.4 Å². The van der Waals surface area contributed by atoms with Crippen molar-refractivity contribution in [3.05, 3.63) is 59.1 Å². The molecule has 0 amide bonds. The molecule has 2 atom stereocenters. The molecule has 0 spiro atoms. The van der Waals surface area contributed by atoms with Crippen LogP contribution in [0.5, 0.6) is 5.75 Å². The Morgan fingerprint density at radius 1 is 1.15 bits per heavy atom. The molecule has 2 nitrogen and oxygen atoms in total. The number of ether oxygens (including phenoxy) is 1. The molecule has 0 bridgehead atoms. The van der Waals surface area contributed by atoms with Crippen molar-refractivity contribution >= 4 is 23.4 Å². The first-order valence-electron chi connectivity index (χ1n) is 6.42. The van der Waals surface area contributed by atoms with Gasteiger partial charge < -0.3 is 10.5 Å². The van der Waals surface area contributed by atoms with E-state index in [1.165, 1.54) is 0 Å². The molecule has 0 aliphatic rings. The quantitative estimate of drug-likeness (QED) is 0.824. The van der Waals surface area contributed by atoms with Gasteiger partial charge in [-0.15, -0.1) is 11.8 Å². The number of hydrogen-bond acceptors (Lipinski definition) is 3. The van der Waals surface area contributed by atoms with Gasteiger partial charge in [0.1, 0.15) is 5.75 Å². The largest absolute Gasteiger partial charge is 0.497 e. The van der Waals surface area contributed by atoms with Crippen molar-refractivity contribution in [1.29, 1.82) is 0 Å². The van der Waals surface area contributed by atoms with Crippen LogP contribution in [-0.4, -0.2) is 13.2 Å². The van der Waals surface area contributed by atoms with Crippen molar-refractivity contribution < 1.29 is 4.74 Å². The second-order valence-corrected chi connectivity index (χ2v) is 6.28. The summed E-state index contributed by atoms with van der Waals surface area (Å²) in [4.78, 5) is 1.16. The van der Waals surface area contributed by atoms with Gasteiger partial charge in [0, 0.05) is 21.2 Å². The topological polar surface area (TPSA) is 35.2 Å². The van der Waals surface area contributed by atoms with Gasteiger partial charge in [0.25, 0.3) is 0 Å². The van der Waals surface area contributed by atoms with E-state index in [-0.39, 0.29) is 11.3 Å². The first-order chi connectivity index (χ1) is 9.60. The Bertz CT molecular complexity index is 557. The third-order valence-corrected chi connectivity index (χ3v) is 4.71. The molecule has 2 rings (SSSR count). The normalized spacial score (nSPS) is 13.8. The van der Waals surface area contributed by atoms with Gasteiger partial charge in [0.2, 0.25) is 0 Å². The molecule has 2 N–H and O–H groups in total. The molecular formula is C16H18ClNOS.